The Hall–Kier alpha value is -0.920. The highest BCUT2D eigenvalue weighted by molar-refractivity contribution is 7.89. The van der Waals surface area contributed by atoms with Crippen LogP contribution < -0.4 is 5.32 Å². The van der Waals surface area contributed by atoms with E-state index in [2.05, 4.69) is 22.4 Å². The summed E-state index contributed by atoms with van der Waals surface area (Å²) in [7, 11) is -1.99. The molecule has 21 heavy (non-hydrogen) atoms. The Balaban J connectivity index is 3.15. The summed E-state index contributed by atoms with van der Waals surface area (Å²) >= 11 is 0. The molecule has 1 aromatic heterocycles. The lowest BCUT2D eigenvalue weighted by molar-refractivity contribution is 0.256. The van der Waals surface area contributed by atoms with Gasteiger partial charge in [0.05, 0.1) is 0 Å². The molecule has 1 heterocycles. The zero-order valence-corrected chi connectivity index (χ0v) is 14.8. The van der Waals surface area contributed by atoms with Crippen LogP contribution in [0.25, 0.3) is 0 Å². The van der Waals surface area contributed by atoms with E-state index in [0.29, 0.717) is 6.54 Å². The van der Waals surface area contributed by atoms with E-state index in [4.69, 9.17) is 0 Å². The molecular formula is C14H28N4O2S. The van der Waals surface area contributed by atoms with Gasteiger partial charge >= 0.3 is 0 Å². The van der Waals surface area contributed by atoms with Gasteiger partial charge in [-0.3, -0.25) is 5.10 Å². The molecule has 7 heteroatoms. The van der Waals surface area contributed by atoms with Gasteiger partial charge in [-0.1, -0.05) is 13.8 Å². The van der Waals surface area contributed by atoms with Gasteiger partial charge in [0.1, 0.15) is 0 Å². The molecule has 0 aliphatic heterocycles. The Morgan fingerprint density at radius 2 is 1.95 bits per heavy atom. The highest BCUT2D eigenvalue weighted by Gasteiger charge is 2.36. The monoisotopic (exact) mass is 316 g/mol. The molecule has 0 fully saturated rings. The fraction of sp³-hybridized carbons (Fsp3) is 0.786. The van der Waals surface area contributed by atoms with E-state index >= 15 is 0 Å². The van der Waals surface area contributed by atoms with Crippen molar-refractivity contribution in [3.05, 3.63) is 11.3 Å². The third kappa shape index (κ3) is 3.84. The smallest absolute Gasteiger partial charge is 0.262 e. The van der Waals surface area contributed by atoms with Crippen LogP contribution in [-0.4, -0.2) is 42.1 Å². The second kappa shape index (κ2) is 6.89. The Morgan fingerprint density at radius 1 is 1.33 bits per heavy atom. The highest BCUT2D eigenvalue weighted by Crippen LogP contribution is 2.27. The van der Waals surface area contributed by atoms with Gasteiger partial charge in [-0.2, -0.15) is 9.40 Å². The van der Waals surface area contributed by atoms with Crippen LogP contribution >= 0.6 is 0 Å². The van der Waals surface area contributed by atoms with E-state index in [1.54, 1.807) is 7.05 Å². The van der Waals surface area contributed by atoms with Gasteiger partial charge in [-0.25, -0.2) is 8.42 Å². The summed E-state index contributed by atoms with van der Waals surface area (Å²) in [6.07, 6.45) is 1.73. The number of hydrogen-bond acceptors (Lipinski definition) is 4. The quantitative estimate of drug-likeness (QED) is 0.719. The minimum Gasteiger partial charge on any atom is -0.313 e. The fourth-order valence-electron chi connectivity index (χ4n) is 1.92. The molecule has 0 atom stereocenters. The molecule has 2 N–H and O–H groups in total. The van der Waals surface area contributed by atoms with Crippen LogP contribution in [0.15, 0.2) is 5.03 Å². The number of hydrogen-bond donors (Lipinski definition) is 2. The standard InChI is InChI=1S/C14H28N4O2S/c1-7-9-15-10-12-11(3)16-17-13(12)21(19,20)18(6)14(4,5)8-2/h15H,7-10H2,1-6H3,(H,16,17). The number of aromatic nitrogens is 2. The van der Waals surface area contributed by atoms with E-state index in [0.717, 1.165) is 30.6 Å². The molecular weight excluding hydrogens is 288 g/mol. The maximum atomic E-state index is 12.8. The predicted molar refractivity (Wildman–Crippen MR) is 84.6 cm³/mol. The number of aromatic amines is 1. The predicted octanol–water partition coefficient (Wildman–Crippen LogP) is 2.03. The first-order valence-corrected chi connectivity index (χ1v) is 8.86. The van der Waals surface area contributed by atoms with Crippen molar-refractivity contribution in [2.75, 3.05) is 13.6 Å². The first kappa shape index (κ1) is 18.1. The second-order valence-corrected chi connectivity index (χ2v) is 7.83. The molecule has 0 bridgehead atoms. The Kier molecular flexibility index (Phi) is 5.95. The summed E-state index contributed by atoms with van der Waals surface area (Å²) in [4.78, 5) is 0. The van der Waals surface area contributed by atoms with Crippen molar-refractivity contribution < 1.29 is 8.42 Å². The van der Waals surface area contributed by atoms with Gasteiger partial charge in [0.2, 0.25) is 0 Å². The van der Waals surface area contributed by atoms with Crippen LogP contribution in [-0.2, 0) is 16.6 Å². The number of nitrogens with one attached hydrogen (secondary N) is 2. The summed E-state index contributed by atoms with van der Waals surface area (Å²) in [5.74, 6) is 0. The lowest BCUT2D eigenvalue weighted by atomic mass is 10.0. The highest BCUT2D eigenvalue weighted by atomic mass is 32.2. The molecule has 1 aromatic rings. The maximum absolute atomic E-state index is 12.8. The van der Waals surface area contributed by atoms with E-state index in [1.165, 1.54) is 4.31 Å². The van der Waals surface area contributed by atoms with E-state index in [-0.39, 0.29) is 5.03 Å². The first-order chi connectivity index (χ1) is 9.68. The zero-order chi connectivity index (χ0) is 16.3. The van der Waals surface area contributed by atoms with Crippen LogP contribution in [0.2, 0.25) is 0 Å². The normalized spacial score (nSPS) is 13.1. The van der Waals surface area contributed by atoms with Gasteiger partial charge in [-0.05, 0) is 40.2 Å². The molecule has 6 nitrogen and oxygen atoms in total. The molecule has 0 amide bonds. The number of sulfonamides is 1. The molecule has 0 radical (unpaired) electrons. The molecule has 0 saturated carbocycles. The number of H-pyrrole nitrogens is 1. The number of aryl methyl sites for hydroxylation is 1. The van der Waals surface area contributed by atoms with Crippen molar-refractivity contribution in [1.29, 1.82) is 0 Å². The first-order valence-electron chi connectivity index (χ1n) is 7.42. The summed E-state index contributed by atoms with van der Waals surface area (Å²) in [5, 5.41) is 10.2. The molecule has 0 unspecified atom stereocenters. The topological polar surface area (TPSA) is 78.1 Å². The lowest BCUT2D eigenvalue weighted by Crippen LogP contribution is -2.44. The Bertz CT molecular complexity index is 564. The van der Waals surface area contributed by atoms with E-state index in [9.17, 15) is 8.42 Å². The van der Waals surface area contributed by atoms with E-state index in [1.807, 2.05) is 27.7 Å². The fourth-order valence-corrected chi connectivity index (χ4v) is 3.66. The minimum atomic E-state index is -3.60. The molecule has 1 rings (SSSR count). The summed E-state index contributed by atoms with van der Waals surface area (Å²) in [6, 6.07) is 0. The lowest BCUT2D eigenvalue weighted by Gasteiger charge is -2.33. The van der Waals surface area contributed by atoms with Crippen molar-refractivity contribution in [3.8, 4) is 0 Å². The van der Waals surface area contributed by atoms with Crippen LogP contribution in [0.5, 0.6) is 0 Å². The summed E-state index contributed by atoms with van der Waals surface area (Å²) in [5.41, 5.74) is 1.07. The van der Waals surface area contributed by atoms with Gasteiger partial charge in [-0.15, -0.1) is 0 Å². The summed E-state index contributed by atoms with van der Waals surface area (Å²) < 4.78 is 27.1. The van der Waals surface area contributed by atoms with Gasteiger partial charge in [0, 0.05) is 30.4 Å². The molecule has 0 saturated heterocycles. The Labute approximate surface area is 128 Å². The van der Waals surface area contributed by atoms with Crippen molar-refractivity contribution in [2.24, 2.45) is 0 Å². The molecule has 0 spiro atoms. The third-order valence-corrected chi connectivity index (χ3v) is 6.13. The van der Waals surface area contributed by atoms with Gasteiger partial charge < -0.3 is 5.32 Å². The van der Waals surface area contributed by atoms with Crippen LogP contribution in [0.4, 0.5) is 0 Å². The third-order valence-electron chi connectivity index (χ3n) is 4.09. The Morgan fingerprint density at radius 3 is 2.48 bits per heavy atom. The average molecular weight is 316 g/mol. The van der Waals surface area contributed by atoms with Gasteiger partial charge in [0.25, 0.3) is 10.0 Å². The van der Waals surface area contributed by atoms with Gasteiger partial charge in [0.15, 0.2) is 5.03 Å². The maximum Gasteiger partial charge on any atom is 0.262 e. The second-order valence-electron chi connectivity index (χ2n) is 5.95. The zero-order valence-electron chi connectivity index (χ0n) is 13.9. The molecule has 0 aliphatic rings. The van der Waals surface area contributed by atoms with Crippen molar-refractivity contribution in [3.63, 3.8) is 0 Å². The number of rotatable bonds is 8. The largest absolute Gasteiger partial charge is 0.313 e. The van der Waals surface area contributed by atoms with Crippen LogP contribution in [0, 0.1) is 6.92 Å². The molecule has 0 aromatic carbocycles. The minimum absolute atomic E-state index is 0.132. The molecule has 0 aliphatic carbocycles. The summed E-state index contributed by atoms with van der Waals surface area (Å²) in [6.45, 7) is 11.1. The van der Waals surface area contributed by atoms with Crippen molar-refractivity contribution in [2.45, 2.75) is 64.6 Å². The van der Waals surface area contributed by atoms with Crippen LogP contribution in [0.1, 0.15) is 51.8 Å². The number of nitrogens with zero attached hydrogens (tertiary/aromatic N) is 2. The SMILES string of the molecule is CCCNCc1c(S(=O)(=O)N(C)C(C)(C)CC)n[nH]c1C. The van der Waals surface area contributed by atoms with E-state index < -0.39 is 15.6 Å². The van der Waals surface area contributed by atoms with Crippen LogP contribution in [0.3, 0.4) is 0 Å². The average Bonchev–Trinajstić information content (AvgIpc) is 2.80. The molecule has 122 valence electrons. The van der Waals surface area contributed by atoms with Crippen molar-refractivity contribution in [1.82, 2.24) is 19.8 Å². The van der Waals surface area contributed by atoms with Crippen molar-refractivity contribution >= 4 is 10.0 Å².